The largest absolute Gasteiger partial charge is 0.497 e. The average Bonchev–Trinajstić information content (AvgIpc) is 3.32. The lowest BCUT2D eigenvalue weighted by Crippen LogP contribution is -2.22. The van der Waals surface area contributed by atoms with Crippen LogP contribution in [0.5, 0.6) is 5.75 Å². The Hall–Kier alpha value is -2.81. The quantitative estimate of drug-likeness (QED) is 0.317. The summed E-state index contributed by atoms with van der Waals surface area (Å²) in [6.07, 6.45) is 5.20. The highest BCUT2D eigenvalue weighted by Gasteiger charge is 2.22. The van der Waals surface area contributed by atoms with Crippen molar-refractivity contribution in [2.45, 2.75) is 51.4 Å². The Balaban J connectivity index is 1.93. The lowest BCUT2D eigenvalue weighted by Gasteiger charge is -2.11. The van der Waals surface area contributed by atoms with Gasteiger partial charge in [0.15, 0.2) is 16.3 Å². The molecule has 0 amide bonds. The Bertz CT molecular complexity index is 1240. The van der Waals surface area contributed by atoms with Gasteiger partial charge in [-0.2, -0.15) is 0 Å². The number of unbranched alkanes of at least 4 members (excludes halogenated alkanes) is 2. The van der Waals surface area contributed by atoms with Crippen molar-refractivity contribution in [1.29, 1.82) is 0 Å². The predicted octanol–water partition coefficient (Wildman–Crippen LogP) is 3.52. The van der Waals surface area contributed by atoms with Crippen LogP contribution in [0.15, 0.2) is 34.2 Å². The summed E-state index contributed by atoms with van der Waals surface area (Å²) in [6, 6.07) is 7.88. The van der Waals surface area contributed by atoms with Gasteiger partial charge >= 0.3 is 0 Å². The number of hydrogen-bond acceptors (Lipinski definition) is 6. The Labute approximate surface area is 178 Å². The third-order valence-corrected chi connectivity index (χ3v) is 5.97. The molecule has 0 aliphatic carbocycles. The third-order valence-electron chi connectivity index (χ3n) is 5.29. The summed E-state index contributed by atoms with van der Waals surface area (Å²) >= 11 is 1.54. The summed E-state index contributed by atoms with van der Waals surface area (Å²) in [5, 5.41) is 9.25. The molecule has 3 heterocycles. The number of rotatable bonds is 8. The van der Waals surface area contributed by atoms with Gasteiger partial charge in [0.2, 0.25) is 5.78 Å². The van der Waals surface area contributed by atoms with Crippen molar-refractivity contribution in [1.82, 2.24) is 28.7 Å². The number of aromatic nitrogens is 6. The van der Waals surface area contributed by atoms with Crippen molar-refractivity contribution in [2.24, 2.45) is 0 Å². The molecule has 8 nitrogen and oxygen atoms in total. The molecule has 4 aromatic rings. The Morgan fingerprint density at radius 2 is 1.87 bits per heavy atom. The molecule has 1 aromatic carbocycles. The van der Waals surface area contributed by atoms with E-state index in [-0.39, 0.29) is 5.56 Å². The maximum Gasteiger partial charge on any atom is 0.286 e. The zero-order valence-corrected chi connectivity index (χ0v) is 18.6. The molecule has 0 bridgehead atoms. The van der Waals surface area contributed by atoms with E-state index in [0.717, 1.165) is 42.3 Å². The zero-order valence-electron chi connectivity index (χ0n) is 17.8. The van der Waals surface area contributed by atoms with Crippen LogP contribution < -0.4 is 10.3 Å². The number of fused-ring (bicyclic) bond motifs is 2. The van der Waals surface area contributed by atoms with Crippen molar-refractivity contribution < 1.29 is 4.74 Å². The minimum Gasteiger partial charge on any atom is -0.497 e. The molecule has 9 heteroatoms. The molecule has 0 atom stereocenters. The van der Waals surface area contributed by atoms with Gasteiger partial charge < -0.3 is 9.30 Å². The lowest BCUT2D eigenvalue weighted by molar-refractivity contribution is 0.414. The smallest absolute Gasteiger partial charge is 0.286 e. The van der Waals surface area contributed by atoms with Gasteiger partial charge in [-0.15, -0.1) is 10.2 Å². The second-order valence-electron chi connectivity index (χ2n) is 7.25. The SMILES string of the molecule is CCCCCn1c2nc(SC)n(Cc3ccc(OC)cc3)c2c(=O)n2c(C)nnc12. The second kappa shape index (κ2) is 8.51. The first-order valence-electron chi connectivity index (χ1n) is 10.1. The number of ether oxygens (including phenoxy) is 1. The standard InChI is InChI=1S/C21H26N6O2S/c1-5-6-7-12-25-18-17(19(28)27-14(2)23-24-20(25)27)26(21(22-18)30-4)13-15-8-10-16(29-3)11-9-15/h8-11H,5-7,12-13H2,1-4H3. The highest BCUT2D eigenvalue weighted by atomic mass is 32.2. The van der Waals surface area contributed by atoms with E-state index in [1.807, 2.05) is 46.6 Å². The second-order valence-corrected chi connectivity index (χ2v) is 8.02. The number of aryl methyl sites for hydroxylation is 2. The fraction of sp³-hybridized carbons (Fsp3) is 0.429. The van der Waals surface area contributed by atoms with E-state index >= 15 is 0 Å². The first-order chi connectivity index (χ1) is 14.6. The summed E-state index contributed by atoms with van der Waals surface area (Å²) in [4.78, 5) is 18.3. The fourth-order valence-electron chi connectivity index (χ4n) is 3.73. The van der Waals surface area contributed by atoms with E-state index in [1.54, 1.807) is 11.5 Å². The van der Waals surface area contributed by atoms with Gasteiger partial charge in [0.25, 0.3) is 5.56 Å². The number of thioether (sulfide) groups is 1. The number of nitrogens with zero attached hydrogens (tertiary/aromatic N) is 6. The van der Waals surface area contributed by atoms with Gasteiger partial charge in [-0.3, -0.25) is 9.36 Å². The molecule has 0 saturated heterocycles. The van der Waals surface area contributed by atoms with Crippen LogP contribution in [0, 0.1) is 6.92 Å². The van der Waals surface area contributed by atoms with Crippen molar-refractivity contribution in [3.63, 3.8) is 0 Å². The minimum absolute atomic E-state index is 0.129. The molecule has 0 radical (unpaired) electrons. The van der Waals surface area contributed by atoms with Gasteiger partial charge in [-0.05, 0) is 37.3 Å². The molecule has 30 heavy (non-hydrogen) atoms. The summed E-state index contributed by atoms with van der Waals surface area (Å²) in [5.74, 6) is 1.95. The number of hydrogen-bond donors (Lipinski definition) is 0. The van der Waals surface area contributed by atoms with E-state index in [4.69, 9.17) is 9.72 Å². The molecule has 158 valence electrons. The molecule has 0 aliphatic heterocycles. The first kappa shape index (κ1) is 20.5. The van der Waals surface area contributed by atoms with Crippen LogP contribution in [-0.2, 0) is 13.1 Å². The molecule has 0 unspecified atom stereocenters. The Morgan fingerprint density at radius 1 is 1.10 bits per heavy atom. The van der Waals surface area contributed by atoms with Gasteiger partial charge in [-0.25, -0.2) is 9.38 Å². The lowest BCUT2D eigenvalue weighted by atomic mass is 10.2. The number of methoxy groups -OCH3 is 1. The summed E-state index contributed by atoms with van der Waals surface area (Å²) in [5.41, 5.74) is 2.20. The zero-order chi connectivity index (χ0) is 21.3. The van der Waals surface area contributed by atoms with E-state index in [0.29, 0.717) is 29.3 Å². The Kier molecular flexibility index (Phi) is 5.80. The first-order valence-corrected chi connectivity index (χ1v) is 11.3. The topological polar surface area (TPSA) is 79.2 Å². The molecule has 0 fully saturated rings. The van der Waals surface area contributed by atoms with Gasteiger partial charge in [0, 0.05) is 6.54 Å². The molecule has 0 saturated carbocycles. The Morgan fingerprint density at radius 3 is 2.53 bits per heavy atom. The van der Waals surface area contributed by atoms with Crippen molar-refractivity contribution >= 4 is 28.7 Å². The maximum atomic E-state index is 13.5. The van der Waals surface area contributed by atoms with Crippen LogP contribution in [-0.4, -0.2) is 42.1 Å². The van der Waals surface area contributed by atoms with Crippen LogP contribution in [0.4, 0.5) is 0 Å². The van der Waals surface area contributed by atoms with E-state index in [9.17, 15) is 4.79 Å². The summed E-state index contributed by atoms with van der Waals surface area (Å²) in [6.45, 7) is 5.28. The summed E-state index contributed by atoms with van der Waals surface area (Å²) < 4.78 is 10.9. The highest BCUT2D eigenvalue weighted by Crippen LogP contribution is 2.24. The molecule has 0 N–H and O–H groups in total. The number of benzene rings is 1. The molecular weight excluding hydrogens is 400 g/mol. The van der Waals surface area contributed by atoms with Crippen LogP contribution in [0.2, 0.25) is 0 Å². The van der Waals surface area contributed by atoms with Crippen LogP contribution in [0.3, 0.4) is 0 Å². The van der Waals surface area contributed by atoms with Gasteiger partial charge in [-0.1, -0.05) is 43.7 Å². The van der Waals surface area contributed by atoms with Crippen LogP contribution in [0.25, 0.3) is 16.9 Å². The van der Waals surface area contributed by atoms with Gasteiger partial charge in [0.1, 0.15) is 11.6 Å². The van der Waals surface area contributed by atoms with E-state index < -0.39 is 0 Å². The normalized spacial score (nSPS) is 11.6. The summed E-state index contributed by atoms with van der Waals surface area (Å²) in [7, 11) is 1.65. The highest BCUT2D eigenvalue weighted by molar-refractivity contribution is 7.98. The van der Waals surface area contributed by atoms with Crippen molar-refractivity contribution in [3.8, 4) is 5.75 Å². The fourth-order valence-corrected chi connectivity index (χ4v) is 4.28. The van der Waals surface area contributed by atoms with E-state index in [2.05, 4.69) is 17.1 Å². The van der Waals surface area contributed by atoms with Crippen molar-refractivity contribution in [2.75, 3.05) is 13.4 Å². The third kappa shape index (κ3) is 3.47. The van der Waals surface area contributed by atoms with Crippen LogP contribution in [0.1, 0.15) is 37.6 Å². The molecule has 4 rings (SSSR count). The van der Waals surface area contributed by atoms with E-state index in [1.165, 1.54) is 11.8 Å². The average molecular weight is 427 g/mol. The monoisotopic (exact) mass is 426 g/mol. The molecule has 3 aromatic heterocycles. The molecule has 0 aliphatic rings. The maximum absolute atomic E-state index is 13.5. The number of imidazole rings is 1. The minimum atomic E-state index is -0.129. The molecular formula is C21H26N6O2S. The predicted molar refractivity (Wildman–Crippen MR) is 119 cm³/mol. The molecule has 0 spiro atoms. The van der Waals surface area contributed by atoms with Crippen LogP contribution >= 0.6 is 11.8 Å². The van der Waals surface area contributed by atoms with Crippen molar-refractivity contribution in [3.05, 3.63) is 46.0 Å². The van der Waals surface area contributed by atoms with Gasteiger partial charge in [0.05, 0.1) is 13.7 Å².